The summed E-state index contributed by atoms with van der Waals surface area (Å²) in [7, 11) is 1.72. The maximum absolute atomic E-state index is 11.9. The van der Waals surface area contributed by atoms with Gasteiger partial charge in [0, 0.05) is 24.2 Å². The molecule has 1 N–H and O–H groups in total. The van der Waals surface area contributed by atoms with Crippen molar-refractivity contribution in [3.63, 3.8) is 0 Å². The standard InChI is InChI=1S/C14H18ClNO3/c1-4-16(3)14(19)7-11-9(2)10(13(18)8-17)5-6-12(11)15/h5-6,17H,4,7-8H2,1-3H3. The van der Waals surface area contributed by atoms with Crippen LogP contribution < -0.4 is 0 Å². The van der Waals surface area contributed by atoms with Gasteiger partial charge in [-0.3, -0.25) is 9.59 Å². The minimum Gasteiger partial charge on any atom is -0.388 e. The van der Waals surface area contributed by atoms with E-state index in [-0.39, 0.29) is 18.1 Å². The molecule has 4 nitrogen and oxygen atoms in total. The fourth-order valence-corrected chi connectivity index (χ4v) is 2.06. The van der Waals surface area contributed by atoms with Gasteiger partial charge < -0.3 is 10.0 Å². The van der Waals surface area contributed by atoms with Gasteiger partial charge in [0.2, 0.25) is 5.91 Å². The van der Waals surface area contributed by atoms with E-state index in [1.54, 1.807) is 31.0 Å². The largest absolute Gasteiger partial charge is 0.388 e. The minimum atomic E-state index is -0.551. The zero-order valence-electron chi connectivity index (χ0n) is 11.4. The van der Waals surface area contributed by atoms with E-state index in [2.05, 4.69) is 0 Å². The van der Waals surface area contributed by atoms with Crippen molar-refractivity contribution in [2.75, 3.05) is 20.2 Å². The van der Waals surface area contributed by atoms with E-state index in [9.17, 15) is 9.59 Å². The number of hydrogen-bond donors (Lipinski definition) is 1. The highest BCUT2D eigenvalue weighted by Crippen LogP contribution is 2.24. The third kappa shape index (κ3) is 3.55. The van der Waals surface area contributed by atoms with E-state index in [0.29, 0.717) is 28.3 Å². The van der Waals surface area contributed by atoms with Crippen LogP contribution in [0.25, 0.3) is 0 Å². The van der Waals surface area contributed by atoms with Gasteiger partial charge in [0.05, 0.1) is 6.42 Å². The van der Waals surface area contributed by atoms with Gasteiger partial charge in [0.1, 0.15) is 6.61 Å². The molecule has 0 aliphatic heterocycles. The number of amides is 1. The van der Waals surface area contributed by atoms with Crippen LogP contribution in [0.3, 0.4) is 0 Å². The van der Waals surface area contributed by atoms with Crippen molar-refractivity contribution >= 4 is 23.3 Å². The van der Waals surface area contributed by atoms with Crippen LogP contribution in [0.4, 0.5) is 0 Å². The van der Waals surface area contributed by atoms with Crippen LogP contribution in [-0.4, -0.2) is 41.9 Å². The van der Waals surface area contributed by atoms with Crippen molar-refractivity contribution in [3.8, 4) is 0 Å². The lowest BCUT2D eigenvalue weighted by molar-refractivity contribution is -0.128. The average Bonchev–Trinajstić information content (AvgIpc) is 2.41. The lowest BCUT2D eigenvalue weighted by Gasteiger charge is -2.17. The highest BCUT2D eigenvalue weighted by Gasteiger charge is 2.17. The molecule has 104 valence electrons. The molecule has 0 saturated carbocycles. The molecule has 19 heavy (non-hydrogen) atoms. The number of Topliss-reactive ketones (excluding diaryl/α,β-unsaturated/α-hetero) is 1. The Kier molecular flexibility index (Phi) is 5.51. The predicted octanol–water partition coefficient (Wildman–Crippen LogP) is 1.84. The molecule has 0 saturated heterocycles. The molecular formula is C14H18ClNO3. The topological polar surface area (TPSA) is 57.6 Å². The van der Waals surface area contributed by atoms with E-state index in [0.717, 1.165) is 0 Å². The number of carbonyl (C=O) groups is 2. The second-order valence-corrected chi connectivity index (χ2v) is 4.77. The lowest BCUT2D eigenvalue weighted by Crippen LogP contribution is -2.28. The van der Waals surface area contributed by atoms with Crippen molar-refractivity contribution in [3.05, 3.63) is 33.8 Å². The first kappa shape index (κ1) is 15.7. The Hall–Kier alpha value is -1.39. The smallest absolute Gasteiger partial charge is 0.226 e. The Labute approximate surface area is 118 Å². The number of benzene rings is 1. The number of likely N-dealkylation sites (N-methyl/N-ethyl adjacent to an activating group) is 1. The summed E-state index contributed by atoms with van der Waals surface area (Å²) in [6.45, 7) is 3.69. The third-order valence-electron chi connectivity index (χ3n) is 3.21. The van der Waals surface area contributed by atoms with Crippen LogP contribution in [0, 0.1) is 6.92 Å². The summed E-state index contributed by atoms with van der Waals surface area (Å²) < 4.78 is 0. The molecule has 1 aromatic rings. The van der Waals surface area contributed by atoms with E-state index in [1.807, 2.05) is 6.92 Å². The summed E-state index contributed by atoms with van der Waals surface area (Å²) in [5.41, 5.74) is 1.71. The van der Waals surface area contributed by atoms with E-state index < -0.39 is 6.61 Å². The van der Waals surface area contributed by atoms with Crippen LogP contribution in [-0.2, 0) is 11.2 Å². The summed E-state index contributed by atoms with van der Waals surface area (Å²) in [6.07, 6.45) is 0.154. The first-order chi connectivity index (χ1) is 8.92. The molecule has 0 fully saturated rings. The molecule has 0 spiro atoms. The molecular weight excluding hydrogens is 266 g/mol. The molecule has 0 aliphatic carbocycles. The monoisotopic (exact) mass is 283 g/mol. The van der Waals surface area contributed by atoms with Gasteiger partial charge in [-0.15, -0.1) is 0 Å². The maximum Gasteiger partial charge on any atom is 0.226 e. The molecule has 5 heteroatoms. The van der Waals surface area contributed by atoms with E-state index in [4.69, 9.17) is 16.7 Å². The van der Waals surface area contributed by atoms with Crippen LogP contribution in [0.1, 0.15) is 28.4 Å². The maximum atomic E-state index is 11.9. The molecule has 0 radical (unpaired) electrons. The summed E-state index contributed by atoms with van der Waals surface area (Å²) in [6, 6.07) is 3.17. The number of nitrogens with zero attached hydrogens (tertiary/aromatic N) is 1. The van der Waals surface area contributed by atoms with Gasteiger partial charge >= 0.3 is 0 Å². The number of aliphatic hydroxyl groups is 1. The second-order valence-electron chi connectivity index (χ2n) is 4.36. The zero-order valence-corrected chi connectivity index (χ0v) is 12.1. The Morgan fingerprint density at radius 3 is 2.53 bits per heavy atom. The van der Waals surface area contributed by atoms with Gasteiger partial charge in [-0.1, -0.05) is 11.6 Å². The van der Waals surface area contributed by atoms with Crippen LogP contribution in [0.5, 0.6) is 0 Å². The number of carbonyl (C=O) groups excluding carboxylic acids is 2. The highest BCUT2D eigenvalue weighted by atomic mass is 35.5. The van der Waals surface area contributed by atoms with Gasteiger partial charge in [-0.05, 0) is 37.1 Å². The molecule has 0 atom stereocenters. The summed E-state index contributed by atoms with van der Waals surface area (Å²) >= 11 is 6.10. The Morgan fingerprint density at radius 1 is 1.37 bits per heavy atom. The highest BCUT2D eigenvalue weighted by molar-refractivity contribution is 6.31. The average molecular weight is 284 g/mol. The quantitative estimate of drug-likeness (QED) is 0.839. The number of ketones is 1. The first-order valence-electron chi connectivity index (χ1n) is 6.08. The van der Waals surface area contributed by atoms with Crippen molar-refractivity contribution < 1.29 is 14.7 Å². The minimum absolute atomic E-state index is 0.0545. The Bertz CT molecular complexity index is 500. The van der Waals surface area contributed by atoms with E-state index in [1.165, 1.54) is 0 Å². The van der Waals surface area contributed by atoms with Gasteiger partial charge in [-0.2, -0.15) is 0 Å². The molecule has 0 aromatic heterocycles. The lowest BCUT2D eigenvalue weighted by atomic mass is 9.97. The van der Waals surface area contributed by atoms with Crippen molar-refractivity contribution in [1.29, 1.82) is 0 Å². The first-order valence-corrected chi connectivity index (χ1v) is 6.46. The summed E-state index contributed by atoms with van der Waals surface area (Å²) in [5.74, 6) is -0.423. The second kappa shape index (κ2) is 6.68. The summed E-state index contributed by atoms with van der Waals surface area (Å²) in [4.78, 5) is 25.1. The summed E-state index contributed by atoms with van der Waals surface area (Å²) in [5, 5.41) is 9.39. The molecule has 1 amide bonds. The molecule has 1 rings (SSSR count). The molecule has 1 aromatic carbocycles. The molecule has 0 bridgehead atoms. The third-order valence-corrected chi connectivity index (χ3v) is 3.57. The number of halogens is 1. The number of aliphatic hydroxyl groups excluding tert-OH is 1. The number of rotatable bonds is 5. The van der Waals surface area contributed by atoms with Gasteiger partial charge in [0.25, 0.3) is 0 Å². The SMILES string of the molecule is CCN(C)C(=O)Cc1c(Cl)ccc(C(=O)CO)c1C. The van der Waals surface area contributed by atoms with Crippen LogP contribution >= 0.6 is 11.6 Å². The zero-order chi connectivity index (χ0) is 14.6. The van der Waals surface area contributed by atoms with Gasteiger partial charge in [0.15, 0.2) is 5.78 Å². The van der Waals surface area contributed by atoms with Crippen molar-refractivity contribution in [1.82, 2.24) is 4.90 Å². The van der Waals surface area contributed by atoms with E-state index >= 15 is 0 Å². The Balaban J connectivity index is 3.13. The van der Waals surface area contributed by atoms with Crippen molar-refractivity contribution in [2.24, 2.45) is 0 Å². The molecule has 0 heterocycles. The van der Waals surface area contributed by atoms with Crippen LogP contribution in [0.15, 0.2) is 12.1 Å². The molecule has 0 unspecified atom stereocenters. The normalized spacial score (nSPS) is 10.4. The number of hydrogen-bond acceptors (Lipinski definition) is 3. The predicted molar refractivity (Wildman–Crippen MR) is 74.6 cm³/mol. The Morgan fingerprint density at radius 2 is 2.00 bits per heavy atom. The molecule has 0 aliphatic rings. The van der Waals surface area contributed by atoms with Gasteiger partial charge in [-0.25, -0.2) is 0 Å². The fourth-order valence-electron chi connectivity index (χ4n) is 1.79. The fraction of sp³-hybridized carbons (Fsp3) is 0.429. The van der Waals surface area contributed by atoms with Crippen molar-refractivity contribution in [2.45, 2.75) is 20.3 Å². The van der Waals surface area contributed by atoms with Crippen LogP contribution in [0.2, 0.25) is 5.02 Å².